The molecule has 2 rings (SSSR count). The van der Waals surface area contributed by atoms with Crippen LogP contribution in [0.4, 0.5) is 0 Å². The number of hydrogen-bond donors (Lipinski definition) is 1. The van der Waals surface area contributed by atoms with E-state index in [9.17, 15) is 0 Å². The van der Waals surface area contributed by atoms with Gasteiger partial charge in [-0.25, -0.2) is 9.97 Å². The molecule has 14 heavy (non-hydrogen) atoms. The van der Waals surface area contributed by atoms with E-state index in [1.54, 1.807) is 0 Å². The third-order valence-electron chi connectivity index (χ3n) is 2.91. The van der Waals surface area contributed by atoms with Crippen LogP contribution in [0.15, 0.2) is 6.33 Å². The molecule has 0 saturated heterocycles. The summed E-state index contributed by atoms with van der Waals surface area (Å²) in [5.41, 5.74) is 6.66. The van der Waals surface area contributed by atoms with Gasteiger partial charge in [-0.05, 0) is 19.8 Å². The standard InChI is InChI=1S/C9H11Cl2N3/c1-5(12)9(2-3-9)6-7(10)13-4-14-8(6)11/h4-5H,2-3,12H2,1H3. The van der Waals surface area contributed by atoms with Gasteiger partial charge in [0.1, 0.15) is 16.6 Å². The molecule has 1 unspecified atom stereocenters. The Morgan fingerprint density at radius 2 is 1.86 bits per heavy atom. The van der Waals surface area contributed by atoms with Crippen molar-refractivity contribution in [3.63, 3.8) is 0 Å². The first-order chi connectivity index (χ1) is 6.58. The third-order valence-corrected chi connectivity index (χ3v) is 3.49. The highest BCUT2D eigenvalue weighted by Crippen LogP contribution is 2.53. The maximum Gasteiger partial charge on any atom is 0.137 e. The fourth-order valence-corrected chi connectivity index (χ4v) is 2.51. The lowest BCUT2D eigenvalue weighted by molar-refractivity contribution is 0.553. The predicted molar refractivity (Wildman–Crippen MR) is 56.6 cm³/mol. The van der Waals surface area contributed by atoms with E-state index in [-0.39, 0.29) is 11.5 Å². The summed E-state index contributed by atoms with van der Waals surface area (Å²) >= 11 is 12.0. The van der Waals surface area contributed by atoms with E-state index in [4.69, 9.17) is 28.9 Å². The van der Waals surface area contributed by atoms with Gasteiger partial charge in [0.15, 0.2) is 0 Å². The number of rotatable bonds is 2. The molecule has 0 amide bonds. The maximum absolute atomic E-state index is 6.01. The Morgan fingerprint density at radius 1 is 1.36 bits per heavy atom. The quantitative estimate of drug-likeness (QED) is 0.795. The van der Waals surface area contributed by atoms with Crippen molar-refractivity contribution < 1.29 is 0 Å². The Bertz CT molecular complexity index is 341. The first-order valence-electron chi connectivity index (χ1n) is 4.50. The van der Waals surface area contributed by atoms with Gasteiger partial charge >= 0.3 is 0 Å². The molecule has 1 saturated carbocycles. The number of nitrogens with two attached hydrogens (primary N) is 1. The van der Waals surface area contributed by atoms with Gasteiger partial charge in [-0.2, -0.15) is 0 Å². The fraction of sp³-hybridized carbons (Fsp3) is 0.556. The van der Waals surface area contributed by atoms with Crippen molar-refractivity contribution in [1.29, 1.82) is 0 Å². The van der Waals surface area contributed by atoms with Crippen LogP contribution in [0.3, 0.4) is 0 Å². The van der Waals surface area contributed by atoms with Crippen molar-refractivity contribution in [3.8, 4) is 0 Å². The lowest BCUT2D eigenvalue weighted by Crippen LogP contribution is -2.32. The van der Waals surface area contributed by atoms with E-state index in [0.29, 0.717) is 10.3 Å². The van der Waals surface area contributed by atoms with Crippen LogP contribution < -0.4 is 5.73 Å². The van der Waals surface area contributed by atoms with Crippen LogP contribution >= 0.6 is 23.2 Å². The molecule has 1 atom stereocenters. The summed E-state index contributed by atoms with van der Waals surface area (Å²) in [4.78, 5) is 7.89. The van der Waals surface area contributed by atoms with Crippen molar-refractivity contribution in [3.05, 3.63) is 22.2 Å². The number of nitrogens with zero attached hydrogens (tertiary/aromatic N) is 2. The second-order valence-corrected chi connectivity index (χ2v) is 4.49. The van der Waals surface area contributed by atoms with E-state index in [0.717, 1.165) is 18.4 Å². The first-order valence-corrected chi connectivity index (χ1v) is 5.25. The van der Waals surface area contributed by atoms with Crippen molar-refractivity contribution in [2.75, 3.05) is 0 Å². The van der Waals surface area contributed by atoms with Gasteiger partial charge in [0.05, 0.1) is 0 Å². The van der Waals surface area contributed by atoms with Crippen LogP contribution in [-0.2, 0) is 5.41 Å². The van der Waals surface area contributed by atoms with Crippen molar-refractivity contribution >= 4 is 23.2 Å². The molecule has 76 valence electrons. The van der Waals surface area contributed by atoms with E-state index < -0.39 is 0 Å². The molecule has 0 aliphatic heterocycles. The summed E-state index contributed by atoms with van der Waals surface area (Å²) in [6.45, 7) is 1.96. The Hall–Kier alpha value is -0.380. The smallest absolute Gasteiger partial charge is 0.137 e. The van der Waals surface area contributed by atoms with Crippen molar-refractivity contribution in [2.24, 2.45) is 5.73 Å². The van der Waals surface area contributed by atoms with E-state index in [1.165, 1.54) is 6.33 Å². The molecule has 0 bridgehead atoms. The van der Waals surface area contributed by atoms with Crippen LogP contribution in [-0.4, -0.2) is 16.0 Å². The van der Waals surface area contributed by atoms with E-state index in [1.807, 2.05) is 6.92 Å². The number of hydrogen-bond acceptors (Lipinski definition) is 3. The number of halogens is 2. The molecule has 1 aliphatic rings. The van der Waals surface area contributed by atoms with Crippen LogP contribution in [0.25, 0.3) is 0 Å². The van der Waals surface area contributed by atoms with Gasteiger partial charge in [0.2, 0.25) is 0 Å². The molecule has 0 aromatic carbocycles. The van der Waals surface area contributed by atoms with Gasteiger partial charge in [-0.1, -0.05) is 23.2 Å². The minimum Gasteiger partial charge on any atom is -0.327 e. The summed E-state index contributed by atoms with van der Waals surface area (Å²) in [6, 6.07) is 0.0310. The molecular formula is C9H11Cl2N3. The molecule has 1 aliphatic carbocycles. The highest BCUT2D eigenvalue weighted by Gasteiger charge is 2.50. The van der Waals surface area contributed by atoms with Crippen LogP contribution in [0.2, 0.25) is 10.3 Å². The number of aromatic nitrogens is 2. The highest BCUT2D eigenvalue weighted by molar-refractivity contribution is 6.34. The second kappa shape index (κ2) is 3.33. The molecule has 0 spiro atoms. The summed E-state index contributed by atoms with van der Waals surface area (Å²) in [5.74, 6) is 0. The lowest BCUT2D eigenvalue weighted by Gasteiger charge is -2.21. The van der Waals surface area contributed by atoms with E-state index in [2.05, 4.69) is 9.97 Å². The lowest BCUT2D eigenvalue weighted by atomic mass is 9.92. The Labute approximate surface area is 92.6 Å². The Kier molecular flexibility index (Phi) is 2.41. The third kappa shape index (κ3) is 1.40. The monoisotopic (exact) mass is 231 g/mol. The normalized spacial score (nSPS) is 20.6. The van der Waals surface area contributed by atoms with Crippen LogP contribution in [0, 0.1) is 0 Å². The minimum absolute atomic E-state index is 0.0310. The van der Waals surface area contributed by atoms with Crippen LogP contribution in [0.5, 0.6) is 0 Å². The minimum atomic E-state index is -0.0879. The van der Waals surface area contributed by atoms with Gasteiger partial charge in [-0.15, -0.1) is 0 Å². The van der Waals surface area contributed by atoms with Gasteiger partial charge in [0, 0.05) is 17.0 Å². The Balaban J connectivity index is 2.51. The molecule has 0 radical (unpaired) electrons. The molecule has 1 aromatic heterocycles. The molecule has 1 heterocycles. The summed E-state index contributed by atoms with van der Waals surface area (Å²) in [5, 5.41) is 0.861. The van der Waals surface area contributed by atoms with Gasteiger partial charge < -0.3 is 5.73 Å². The largest absolute Gasteiger partial charge is 0.327 e. The molecular weight excluding hydrogens is 221 g/mol. The molecule has 3 nitrogen and oxygen atoms in total. The predicted octanol–water partition coefficient (Wildman–Crippen LogP) is 2.16. The summed E-state index contributed by atoms with van der Waals surface area (Å²) in [6.07, 6.45) is 3.39. The SMILES string of the molecule is CC(N)C1(c2c(Cl)ncnc2Cl)CC1. The average molecular weight is 232 g/mol. The zero-order valence-corrected chi connectivity index (χ0v) is 9.31. The summed E-state index contributed by atoms with van der Waals surface area (Å²) in [7, 11) is 0. The van der Waals surface area contributed by atoms with Crippen molar-refractivity contribution in [2.45, 2.75) is 31.2 Å². The average Bonchev–Trinajstić information content (AvgIpc) is 2.85. The van der Waals surface area contributed by atoms with Gasteiger partial charge in [0.25, 0.3) is 0 Å². The molecule has 1 aromatic rings. The van der Waals surface area contributed by atoms with Crippen LogP contribution in [0.1, 0.15) is 25.3 Å². The zero-order valence-electron chi connectivity index (χ0n) is 7.80. The molecule has 2 N–H and O–H groups in total. The second-order valence-electron chi connectivity index (χ2n) is 3.78. The molecule has 5 heteroatoms. The topological polar surface area (TPSA) is 51.8 Å². The van der Waals surface area contributed by atoms with Gasteiger partial charge in [-0.3, -0.25) is 0 Å². The molecule has 1 fully saturated rings. The van der Waals surface area contributed by atoms with Crippen molar-refractivity contribution in [1.82, 2.24) is 9.97 Å². The summed E-state index contributed by atoms with van der Waals surface area (Å²) < 4.78 is 0. The highest BCUT2D eigenvalue weighted by atomic mass is 35.5. The Morgan fingerprint density at radius 3 is 2.21 bits per heavy atom. The first kappa shape index (κ1) is 10.1. The fourth-order valence-electron chi connectivity index (χ4n) is 1.82. The van der Waals surface area contributed by atoms with E-state index >= 15 is 0 Å². The zero-order chi connectivity index (χ0) is 10.3. The maximum atomic E-state index is 6.01.